The van der Waals surface area contributed by atoms with E-state index in [2.05, 4.69) is 81.2 Å². The molecule has 0 saturated carbocycles. The van der Waals surface area contributed by atoms with Crippen molar-refractivity contribution in [2.24, 2.45) is 0 Å². The number of carbonyl (C=O) groups is 1. The number of hydrogen-bond acceptors (Lipinski definition) is 3. The van der Waals surface area contributed by atoms with E-state index >= 15 is 0 Å². The average Bonchev–Trinajstić information content (AvgIpc) is 3.19. The fraction of sp³-hybridized carbons (Fsp3) is 0.519. The monoisotopic (exact) mass is 531 g/mol. The Morgan fingerprint density at radius 3 is 2.27 bits per heavy atom. The Morgan fingerprint density at radius 2 is 1.64 bits per heavy atom. The van der Waals surface area contributed by atoms with Crippen LogP contribution in [0.1, 0.15) is 39.2 Å². The second kappa shape index (κ2) is 10.0. The molecule has 2 fully saturated rings. The quantitative estimate of drug-likeness (QED) is 0.484. The third-order valence-electron chi connectivity index (χ3n) is 7.33. The molecule has 4 nitrogen and oxygen atoms in total. The Kier molecular flexibility index (Phi) is 7.52. The molecule has 0 aliphatic carbocycles. The minimum atomic E-state index is -1.89. The summed E-state index contributed by atoms with van der Waals surface area (Å²) in [5.74, 6) is 0.150. The molecule has 2 aromatic carbocycles. The molecule has 6 heteroatoms. The van der Waals surface area contributed by atoms with Gasteiger partial charge in [-0.1, -0.05) is 0 Å². The van der Waals surface area contributed by atoms with Crippen molar-refractivity contribution in [3.05, 3.63) is 66.2 Å². The van der Waals surface area contributed by atoms with Crippen LogP contribution in [0.5, 0.6) is 0 Å². The number of carbonyl (C=O) groups excluding carboxylic acids is 1. The maximum atomic E-state index is 13.5. The molecular weight excluding hydrogens is 493 g/mol. The van der Waals surface area contributed by atoms with Gasteiger partial charge in [-0.15, -0.1) is 0 Å². The number of benzene rings is 2. The first-order valence-electron chi connectivity index (χ1n) is 12.0. The summed E-state index contributed by atoms with van der Waals surface area (Å²) in [5, 5.41) is 0.162. The molecule has 4 atom stereocenters. The first-order chi connectivity index (χ1) is 15.6. The van der Waals surface area contributed by atoms with Crippen molar-refractivity contribution in [2.45, 2.75) is 81.4 Å². The summed E-state index contributed by atoms with van der Waals surface area (Å²) in [4.78, 5) is 16.0. The normalized spacial score (nSPS) is 25.8. The number of rotatable bonds is 7. The van der Waals surface area contributed by atoms with Gasteiger partial charge < -0.3 is 0 Å². The van der Waals surface area contributed by atoms with Gasteiger partial charge in [-0.25, -0.2) is 0 Å². The van der Waals surface area contributed by atoms with Gasteiger partial charge in [0.15, 0.2) is 0 Å². The van der Waals surface area contributed by atoms with Crippen molar-refractivity contribution in [3.8, 4) is 0 Å². The molecule has 2 saturated heterocycles. The van der Waals surface area contributed by atoms with E-state index in [1.807, 2.05) is 18.2 Å². The van der Waals surface area contributed by atoms with E-state index in [4.69, 9.17) is 9.16 Å². The van der Waals surface area contributed by atoms with Crippen molar-refractivity contribution in [2.75, 3.05) is 6.54 Å². The molecule has 0 bridgehead atoms. The molecule has 4 rings (SSSR count). The zero-order valence-electron chi connectivity index (χ0n) is 20.5. The van der Waals surface area contributed by atoms with Crippen LogP contribution in [0.25, 0.3) is 0 Å². The van der Waals surface area contributed by atoms with Crippen molar-refractivity contribution in [1.29, 1.82) is 0 Å². The fourth-order valence-corrected chi connectivity index (χ4v) is 8.67. The van der Waals surface area contributed by atoms with Crippen LogP contribution in [0.4, 0.5) is 0 Å². The predicted octanol–water partition coefficient (Wildman–Crippen LogP) is 4.79. The molecule has 0 aromatic heterocycles. The Bertz CT molecular complexity index is 931. The van der Waals surface area contributed by atoms with Gasteiger partial charge in [-0.05, 0) is 0 Å². The van der Waals surface area contributed by atoms with Crippen LogP contribution in [-0.2, 0) is 20.6 Å². The Labute approximate surface area is 206 Å². The SMILES string of the molecule is CC(C)(C)[Si](C)(C)O[C@@H]1C[C@H]2[C@H]([Se]c3ccccc3)C[C@@H](OCc3ccccc3)C(=O)N2C1. The molecule has 0 spiro atoms. The summed E-state index contributed by atoms with van der Waals surface area (Å²) in [5.41, 5.74) is 1.11. The number of nitrogens with zero attached hydrogens (tertiary/aromatic N) is 1. The first kappa shape index (κ1) is 24.7. The molecule has 1 amide bonds. The van der Waals surface area contributed by atoms with Crippen molar-refractivity contribution in [3.63, 3.8) is 0 Å². The molecule has 2 aromatic rings. The molecule has 178 valence electrons. The minimum absolute atomic E-state index is 0.127. The topological polar surface area (TPSA) is 38.8 Å². The molecule has 2 aliphatic heterocycles. The van der Waals surface area contributed by atoms with E-state index in [1.165, 1.54) is 4.46 Å². The summed E-state index contributed by atoms with van der Waals surface area (Å²) in [7, 11) is -1.89. The summed E-state index contributed by atoms with van der Waals surface area (Å²) in [6.07, 6.45) is 1.50. The molecular formula is C27H37NO3SeSi. The van der Waals surface area contributed by atoms with Crippen molar-refractivity contribution < 1.29 is 14.0 Å². The van der Waals surface area contributed by atoms with Crippen LogP contribution >= 0.6 is 0 Å². The zero-order valence-corrected chi connectivity index (χ0v) is 23.2. The van der Waals surface area contributed by atoms with Crippen LogP contribution < -0.4 is 4.46 Å². The van der Waals surface area contributed by atoms with Crippen LogP contribution in [0.15, 0.2) is 60.7 Å². The Morgan fingerprint density at radius 1 is 1.00 bits per heavy atom. The Balaban J connectivity index is 1.51. The van der Waals surface area contributed by atoms with E-state index in [9.17, 15) is 4.79 Å². The van der Waals surface area contributed by atoms with E-state index in [0.29, 0.717) is 18.0 Å². The van der Waals surface area contributed by atoms with Gasteiger partial charge >= 0.3 is 207 Å². The second-order valence-corrected chi connectivity index (χ2v) is 18.3. The number of hydrogen-bond donors (Lipinski definition) is 0. The van der Waals surface area contributed by atoms with Gasteiger partial charge in [-0.3, -0.25) is 0 Å². The van der Waals surface area contributed by atoms with Crippen LogP contribution in [0.3, 0.4) is 0 Å². The van der Waals surface area contributed by atoms with E-state index < -0.39 is 8.32 Å². The van der Waals surface area contributed by atoms with E-state index in [-0.39, 0.29) is 44.2 Å². The molecule has 33 heavy (non-hydrogen) atoms. The van der Waals surface area contributed by atoms with Crippen LogP contribution in [0.2, 0.25) is 22.9 Å². The Hall–Kier alpha value is -1.43. The van der Waals surface area contributed by atoms with Gasteiger partial charge in [0, 0.05) is 0 Å². The van der Waals surface area contributed by atoms with Gasteiger partial charge in [0.05, 0.1) is 0 Å². The molecule has 0 radical (unpaired) electrons. The summed E-state index contributed by atoms with van der Waals surface area (Å²) in [6.45, 7) is 12.6. The molecule has 0 N–H and O–H groups in total. The fourth-order valence-electron chi connectivity index (χ4n) is 4.48. The molecule has 2 heterocycles. The second-order valence-electron chi connectivity index (χ2n) is 10.8. The standard InChI is InChI=1S/C27H37NO3SeSi/c1-27(2,3)33(4,5)31-21-16-23-25(32-22-14-10-7-11-15-22)17-24(26(29)28(23)18-21)30-19-20-12-8-6-9-13-20/h6-15,21,23-25H,16-19H2,1-5H3/t21-,23+,24-,25-/m1/s1. The summed E-state index contributed by atoms with van der Waals surface area (Å²) in [6, 6.07) is 21.1. The van der Waals surface area contributed by atoms with Crippen LogP contribution in [-0.4, -0.2) is 58.9 Å². The van der Waals surface area contributed by atoms with Gasteiger partial charge in [0.2, 0.25) is 0 Å². The summed E-state index contributed by atoms with van der Waals surface area (Å²) >= 11 is 0.283. The van der Waals surface area contributed by atoms with Gasteiger partial charge in [0.1, 0.15) is 0 Å². The third-order valence-corrected chi connectivity index (χ3v) is 14.7. The molecule has 0 unspecified atom stereocenters. The van der Waals surface area contributed by atoms with E-state index in [0.717, 1.165) is 18.4 Å². The number of ether oxygens (including phenoxy) is 1. The first-order valence-corrected chi connectivity index (χ1v) is 16.7. The summed E-state index contributed by atoms with van der Waals surface area (Å²) < 4.78 is 14.4. The number of fused-ring (bicyclic) bond motifs is 1. The van der Waals surface area contributed by atoms with Gasteiger partial charge in [-0.2, -0.15) is 0 Å². The van der Waals surface area contributed by atoms with Crippen LogP contribution in [0, 0.1) is 0 Å². The van der Waals surface area contributed by atoms with Crippen molar-refractivity contribution >= 4 is 33.6 Å². The van der Waals surface area contributed by atoms with E-state index in [1.54, 1.807) is 0 Å². The average molecular weight is 531 g/mol. The molecule has 2 aliphatic rings. The number of piperidine rings is 1. The van der Waals surface area contributed by atoms with Crippen molar-refractivity contribution in [1.82, 2.24) is 4.90 Å². The van der Waals surface area contributed by atoms with Gasteiger partial charge in [0.25, 0.3) is 0 Å². The maximum absolute atomic E-state index is 13.5. The zero-order chi connectivity index (χ0) is 23.6. The predicted molar refractivity (Wildman–Crippen MR) is 137 cm³/mol. The third kappa shape index (κ3) is 5.80. The number of amides is 1.